The summed E-state index contributed by atoms with van der Waals surface area (Å²) >= 11 is 0. The summed E-state index contributed by atoms with van der Waals surface area (Å²) in [5, 5.41) is 0. The maximum absolute atomic E-state index is 14.3. The average Bonchev–Trinajstić information content (AvgIpc) is 3.43. The fourth-order valence-corrected chi connectivity index (χ4v) is 5.28. The zero-order valence-electron chi connectivity index (χ0n) is 20.0. The van der Waals surface area contributed by atoms with Crippen molar-refractivity contribution < 1.29 is 23.6 Å². The van der Waals surface area contributed by atoms with Crippen LogP contribution in [0.25, 0.3) is 5.83 Å². The number of allylic oxidation sites excluding steroid dienone is 1. The maximum Gasteiger partial charge on any atom is 0.329 e. The van der Waals surface area contributed by atoms with Gasteiger partial charge in [0, 0.05) is 43.7 Å². The van der Waals surface area contributed by atoms with Crippen LogP contribution in [0.4, 0.5) is 4.39 Å². The lowest BCUT2D eigenvalue weighted by atomic mass is 10.00. The van der Waals surface area contributed by atoms with Gasteiger partial charge in [0.15, 0.2) is 0 Å². The number of carbonyl (C=O) groups excluding carboxylic acids is 4. The third kappa shape index (κ3) is 4.56. The number of piperazine rings is 1. The Morgan fingerprint density at radius 2 is 1.65 bits per heavy atom. The van der Waals surface area contributed by atoms with E-state index in [1.807, 2.05) is 9.88 Å². The number of H-pyrrole nitrogens is 1. The number of halogens is 1. The third-order valence-electron chi connectivity index (χ3n) is 7.23. The van der Waals surface area contributed by atoms with Crippen LogP contribution < -0.4 is 11.2 Å². The summed E-state index contributed by atoms with van der Waals surface area (Å²) in [5.41, 5.74) is -2.57. The SMILES string of the molecule is O=C1C=C(F)c2c(n(Cc3cccc(C(=O)N4CCN(C(=O)C5CCCC5)CC4)c3)c(=O)[nH]c2=O)C1=O. The summed E-state index contributed by atoms with van der Waals surface area (Å²) in [4.78, 5) is 80.3. The molecule has 0 spiro atoms. The fourth-order valence-electron chi connectivity index (χ4n) is 5.28. The molecule has 2 aromatic rings. The zero-order chi connectivity index (χ0) is 26.3. The first-order chi connectivity index (χ1) is 17.7. The molecule has 0 atom stereocenters. The first-order valence-electron chi connectivity index (χ1n) is 12.2. The molecule has 2 fully saturated rings. The number of carbonyl (C=O) groups is 4. The van der Waals surface area contributed by atoms with E-state index in [1.54, 1.807) is 29.2 Å². The lowest BCUT2D eigenvalue weighted by Crippen LogP contribution is -2.51. The molecule has 2 heterocycles. The summed E-state index contributed by atoms with van der Waals surface area (Å²) in [6, 6.07) is 6.38. The molecule has 2 aliphatic carbocycles. The highest BCUT2D eigenvalue weighted by molar-refractivity contribution is 6.49. The molecule has 5 rings (SSSR count). The minimum absolute atomic E-state index is 0.0900. The van der Waals surface area contributed by atoms with Crippen molar-refractivity contribution in [3.05, 3.63) is 73.6 Å². The van der Waals surface area contributed by atoms with Crippen LogP contribution >= 0.6 is 0 Å². The van der Waals surface area contributed by atoms with E-state index in [0.29, 0.717) is 43.4 Å². The topological polar surface area (TPSA) is 130 Å². The highest BCUT2D eigenvalue weighted by atomic mass is 19.1. The number of benzene rings is 1. The van der Waals surface area contributed by atoms with Gasteiger partial charge in [0.1, 0.15) is 17.1 Å². The van der Waals surface area contributed by atoms with E-state index in [9.17, 15) is 33.2 Å². The molecule has 1 N–H and O–H groups in total. The van der Waals surface area contributed by atoms with Crippen LogP contribution in [0.15, 0.2) is 39.9 Å². The molecule has 0 radical (unpaired) electrons. The van der Waals surface area contributed by atoms with Gasteiger partial charge in [-0.15, -0.1) is 0 Å². The summed E-state index contributed by atoms with van der Waals surface area (Å²) in [7, 11) is 0. The van der Waals surface area contributed by atoms with Crippen LogP contribution in [0.5, 0.6) is 0 Å². The van der Waals surface area contributed by atoms with E-state index < -0.39 is 39.9 Å². The number of nitrogens with one attached hydrogen (secondary N) is 1. The van der Waals surface area contributed by atoms with Crippen molar-refractivity contribution in [3.8, 4) is 0 Å². The molecule has 1 saturated carbocycles. The first kappa shape index (κ1) is 24.5. The van der Waals surface area contributed by atoms with Crippen molar-refractivity contribution in [2.75, 3.05) is 26.2 Å². The highest BCUT2D eigenvalue weighted by Crippen LogP contribution is 2.27. The van der Waals surface area contributed by atoms with Gasteiger partial charge < -0.3 is 9.80 Å². The van der Waals surface area contributed by atoms with Gasteiger partial charge in [0.05, 0.1) is 6.54 Å². The Bertz CT molecular complexity index is 1460. The van der Waals surface area contributed by atoms with E-state index in [4.69, 9.17) is 0 Å². The largest absolute Gasteiger partial charge is 0.339 e. The number of hydrogen-bond acceptors (Lipinski definition) is 6. The quantitative estimate of drug-likeness (QED) is 0.617. The Hall–Kier alpha value is -4.15. The molecule has 37 heavy (non-hydrogen) atoms. The van der Waals surface area contributed by atoms with Gasteiger partial charge in [-0.2, -0.15) is 0 Å². The predicted molar refractivity (Wildman–Crippen MR) is 130 cm³/mol. The number of Topliss-reactive ketones (excluding diaryl/α,β-unsaturated/α-hetero) is 1. The summed E-state index contributed by atoms with van der Waals surface area (Å²) < 4.78 is 15.2. The molecule has 1 saturated heterocycles. The second kappa shape index (κ2) is 9.72. The summed E-state index contributed by atoms with van der Waals surface area (Å²) in [6.45, 7) is 1.46. The minimum Gasteiger partial charge on any atom is -0.339 e. The molecule has 1 aromatic heterocycles. The van der Waals surface area contributed by atoms with Gasteiger partial charge in [0.2, 0.25) is 17.5 Å². The fraction of sp³-hybridized carbons (Fsp3) is 0.385. The van der Waals surface area contributed by atoms with Crippen molar-refractivity contribution in [2.45, 2.75) is 32.2 Å². The normalized spacial score (nSPS) is 18.1. The number of rotatable bonds is 4. The zero-order valence-corrected chi connectivity index (χ0v) is 20.0. The Morgan fingerprint density at radius 3 is 2.35 bits per heavy atom. The predicted octanol–water partition coefficient (Wildman–Crippen LogP) is 1.14. The molecule has 2 amide bonds. The van der Waals surface area contributed by atoms with Crippen molar-refractivity contribution in [1.82, 2.24) is 19.4 Å². The molecule has 1 aromatic carbocycles. The van der Waals surface area contributed by atoms with Gasteiger partial charge >= 0.3 is 5.69 Å². The second-order valence-electron chi connectivity index (χ2n) is 9.55. The average molecular weight is 509 g/mol. The standard InChI is InChI=1S/C26H25FN4O6/c27-18-13-19(32)22(33)21-20(18)23(34)28-26(37)31(21)14-15-4-3-7-17(12-15)25(36)30-10-8-29(9-11-30)24(35)16-5-1-2-6-16/h3-4,7,12-13,16H,1-2,5-6,8-11,14H2,(H,28,34,37). The summed E-state index contributed by atoms with van der Waals surface area (Å²) in [6.07, 6.45) is 4.43. The molecule has 0 unspecified atom stereocenters. The van der Waals surface area contributed by atoms with Crippen LogP contribution in [0.2, 0.25) is 0 Å². The number of hydrogen-bond donors (Lipinski definition) is 1. The van der Waals surface area contributed by atoms with Crippen molar-refractivity contribution in [2.24, 2.45) is 5.92 Å². The van der Waals surface area contributed by atoms with Crippen molar-refractivity contribution in [3.63, 3.8) is 0 Å². The molecule has 0 bridgehead atoms. The molecule has 10 nitrogen and oxygen atoms in total. The van der Waals surface area contributed by atoms with Crippen LogP contribution in [0, 0.1) is 5.92 Å². The first-order valence-corrected chi connectivity index (χ1v) is 12.2. The minimum atomic E-state index is -1.19. The van der Waals surface area contributed by atoms with E-state index in [-0.39, 0.29) is 24.3 Å². The smallest absolute Gasteiger partial charge is 0.329 e. The van der Waals surface area contributed by atoms with Gasteiger partial charge in [-0.05, 0) is 30.5 Å². The number of amides is 2. The number of fused-ring (bicyclic) bond motifs is 1. The van der Waals surface area contributed by atoms with Crippen LogP contribution in [0.3, 0.4) is 0 Å². The monoisotopic (exact) mass is 508 g/mol. The van der Waals surface area contributed by atoms with Gasteiger partial charge in [0.25, 0.3) is 11.5 Å². The number of nitrogens with zero attached hydrogens (tertiary/aromatic N) is 3. The Labute approximate surface area is 210 Å². The highest BCUT2D eigenvalue weighted by Gasteiger charge is 2.33. The lowest BCUT2D eigenvalue weighted by molar-refractivity contribution is -0.136. The van der Waals surface area contributed by atoms with Gasteiger partial charge in [-0.1, -0.05) is 25.0 Å². The number of aromatic nitrogens is 2. The van der Waals surface area contributed by atoms with Gasteiger partial charge in [-0.25, -0.2) is 9.18 Å². The Morgan fingerprint density at radius 1 is 0.973 bits per heavy atom. The number of ketones is 2. The maximum atomic E-state index is 14.3. The molecule has 3 aliphatic rings. The Kier molecular flexibility index (Phi) is 6.45. The van der Waals surface area contributed by atoms with Crippen molar-refractivity contribution >= 4 is 29.2 Å². The van der Waals surface area contributed by atoms with Gasteiger partial charge in [-0.3, -0.25) is 33.5 Å². The molecule has 11 heteroatoms. The van der Waals surface area contributed by atoms with E-state index >= 15 is 0 Å². The van der Waals surface area contributed by atoms with E-state index in [1.165, 1.54) is 0 Å². The molecular formula is C26H25FN4O6. The van der Waals surface area contributed by atoms with E-state index in [0.717, 1.165) is 30.3 Å². The number of aromatic amines is 1. The van der Waals surface area contributed by atoms with E-state index in [2.05, 4.69) is 0 Å². The van der Waals surface area contributed by atoms with Crippen LogP contribution in [-0.4, -0.2) is 68.9 Å². The molecular weight excluding hydrogens is 483 g/mol. The van der Waals surface area contributed by atoms with Crippen LogP contribution in [-0.2, 0) is 16.1 Å². The second-order valence-corrected chi connectivity index (χ2v) is 9.55. The third-order valence-corrected chi connectivity index (χ3v) is 7.23. The summed E-state index contributed by atoms with van der Waals surface area (Å²) in [5.74, 6) is -3.50. The van der Waals surface area contributed by atoms with Crippen molar-refractivity contribution in [1.29, 1.82) is 0 Å². The Balaban J connectivity index is 1.34. The lowest BCUT2D eigenvalue weighted by Gasteiger charge is -2.36. The van der Waals surface area contributed by atoms with Crippen LogP contribution in [0.1, 0.15) is 57.7 Å². The molecule has 192 valence electrons. The molecule has 1 aliphatic heterocycles.